The first-order chi connectivity index (χ1) is 17.5. The molecule has 3 N–H and O–H groups in total. The van der Waals surface area contributed by atoms with Crippen LogP contribution in [0.3, 0.4) is 0 Å². The number of aliphatic hydroxyl groups is 2. The second-order valence-electron chi connectivity index (χ2n) is 9.28. The number of carbonyl (C=O) groups excluding carboxylic acids is 2. The van der Waals surface area contributed by atoms with Crippen LogP contribution < -0.4 is 15.1 Å². The highest BCUT2D eigenvalue weighted by atomic mass is 35.5. The largest absolute Gasteiger partial charge is 0.388 e. The van der Waals surface area contributed by atoms with Crippen molar-refractivity contribution in [2.75, 3.05) is 87.2 Å². The summed E-state index contributed by atoms with van der Waals surface area (Å²) in [6.45, 7) is 6.33. The summed E-state index contributed by atoms with van der Waals surface area (Å²) < 4.78 is 5.39. The number of amides is 2. The van der Waals surface area contributed by atoms with Gasteiger partial charge in [0.15, 0.2) is 5.13 Å². The van der Waals surface area contributed by atoms with Gasteiger partial charge in [-0.15, -0.1) is 23.7 Å². The number of ether oxygens (including phenoxy) is 1. The number of thiazole rings is 1. The van der Waals surface area contributed by atoms with Gasteiger partial charge in [0, 0.05) is 57.7 Å². The number of para-hydroxylation sites is 2. The van der Waals surface area contributed by atoms with Gasteiger partial charge in [-0.1, -0.05) is 12.1 Å². The van der Waals surface area contributed by atoms with Crippen LogP contribution >= 0.6 is 23.7 Å². The first kappa shape index (κ1) is 27.6. The van der Waals surface area contributed by atoms with E-state index in [-0.39, 0.29) is 43.9 Å². The number of nitrogens with one attached hydrogen (secondary N) is 1. The molecule has 11 nitrogen and oxygen atoms in total. The van der Waals surface area contributed by atoms with Gasteiger partial charge in [0.2, 0.25) is 5.91 Å². The number of anilines is 3. The molecule has 1 aromatic carbocycles. The van der Waals surface area contributed by atoms with E-state index in [1.165, 1.54) is 16.2 Å². The zero-order valence-electron chi connectivity index (χ0n) is 20.5. The van der Waals surface area contributed by atoms with Crippen LogP contribution in [0, 0.1) is 0 Å². The third-order valence-electron chi connectivity index (χ3n) is 6.84. The Bertz CT molecular complexity index is 1070. The van der Waals surface area contributed by atoms with Crippen LogP contribution in [0.15, 0.2) is 29.6 Å². The minimum absolute atomic E-state index is 0. The molecule has 2 aromatic rings. The number of benzene rings is 1. The van der Waals surface area contributed by atoms with Crippen LogP contribution in [0.25, 0.3) is 0 Å². The highest BCUT2D eigenvalue weighted by molar-refractivity contribution is 7.14. The fraction of sp³-hybridized carbons (Fsp3) is 0.542. The zero-order valence-corrected chi connectivity index (χ0v) is 22.1. The Balaban J connectivity index is 0.00000320. The van der Waals surface area contributed by atoms with Gasteiger partial charge in [-0.3, -0.25) is 14.5 Å². The molecule has 2 amide bonds. The molecular formula is C24H33ClN6O5S. The summed E-state index contributed by atoms with van der Waals surface area (Å²) in [6, 6.07) is 7.73. The second-order valence-corrected chi connectivity index (χ2v) is 10.1. The molecule has 5 rings (SSSR count). The van der Waals surface area contributed by atoms with Crippen molar-refractivity contribution in [3.63, 3.8) is 0 Å². The Hall–Kier alpha value is -2.48. The van der Waals surface area contributed by atoms with Gasteiger partial charge in [0.05, 0.1) is 43.3 Å². The number of carbonyl (C=O) groups is 2. The van der Waals surface area contributed by atoms with E-state index in [0.717, 1.165) is 29.6 Å². The maximum Gasteiger partial charge on any atom is 0.275 e. The molecule has 3 aliphatic rings. The van der Waals surface area contributed by atoms with Crippen molar-refractivity contribution in [3.05, 3.63) is 35.3 Å². The van der Waals surface area contributed by atoms with Crippen molar-refractivity contribution in [1.29, 1.82) is 0 Å². The molecule has 37 heavy (non-hydrogen) atoms. The molecule has 0 unspecified atom stereocenters. The Morgan fingerprint density at radius 2 is 1.68 bits per heavy atom. The molecule has 3 saturated heterocycles. The zero-order chi connectivity index (χ0) is 25.1. The lowest BCUT2D eigenvalue weighted by molar-refractivity contribution is -0.132. The van der Waals surface area contributed by atoms with E-state index in [4.69, 9.17) is 4.74 Å². The summed E-state index contributed by atoms with van der Waals surface area (Å²) >= 11 is 1.47. The monoisotopic (exact) mass is 552 g/mol. The van der Waals surface area contributed by atoms with Gasteiger partial charge < -0.3 is 35.0 Å². The van der Waals surface area contributed by atoms with Crippen LogP contribution in [0.2, 0.25) is 0 Å². The Kier molecular flexibility index (Phi) is 9.22. The average molecular weight is 553 g/mol. The van der Waals surface area contributed by atoms with Gasteiger partial charge in [0.1, 0.15) is 5.69 Å². The molecular weight excluding hydrogens is 520 g/mol. The van der Waals surface area contributed by atoms with E-state index in [2.05, 4.69) is 25.0 Å². The van der Waals surface area contributed by atoms with Crippen LogP contribution in [-0.4, -0.2) is 121 Å². The number of hydrogen-bond donors (Lipinski definition) is 3. The van der Waals surface area contributed by atoms with E-state index in [0.29, 0.717) is 45.1 Å². The number of aliphatic hydroxyl groups excluding tert-OH is 2. The average Bonchev–Trinajstić information content (AvgIpc) is 3.53. The highest BCUT2D eigenvalue weighted by Crippen LogP contribution is 2.28. The topological polar surface area (TPSA) is 122 Å². The van der Waals surface area contributed by atoms with Crippen LogP contribution in [0.4, 0.5) is 16.5 Å². The number of nitrogens with zero attached hydrogens (tertiary/aromatic N) is 5. The van der Waals surface area contributed by atoms with Crippen molar-refractivity contribution in [1.82, 2.24) is 14.8 Å². The number of rotatable bonds is 6. The fourth-order valence-corrected chi connectivity index (χ4v) is 5.58. The first-order valence-electron chi connectivity index (χ1n) is 12.3. The molecule has 4 heterocycles. The number of β-amino-alcohol motifs (C(OH)–C–C–N with tert-alkyl or cyclic N) is 2. The quantitative estimate of drug-likeness (QED) is 0.466. The number of aromatic nitrogens is 1. The summed E-state index contributed by atoms with van der Waals surface area (Å²) in [5, 5.41) is 25.1. The third kappa shape index (κ3) is 6.51. The molecule has 0 saturated carbocycles. The minimum atomic E-state index is -0.868. The van der Waals surface area contributed by atoms with Crippen molar-refractivity contribution < 1.29 is 24.5 Å². The van der Waals surface area contributed by atoms with Gasteiger partial charge in [0.25, 0.3) is 5.91 Å². The van der Waals surface area contributed by atoms with E-state index in [1.807, 2.05) is 24.3 Å². The smallest absolute Gasteiger partial charge is 0.275 e. The SMILES string of the molecule is Cl.O=C(Nc1ccccc1N1CCN(CC(=O)N2C[C@@H](O)[C@@H](O)C2)CC1)c1csc(N2CCOCC2)n1. The first-order valence-corrected chi connectivity index (χ1v) is 13.2. The minimum Gasteiger partial charge on any atom is -0.388 e. The maximum atomic E-state index is 13.0. The number of halogens is 1. The van der Waals surface area contributed by atoms with Gasteiger partial charge in [-0.05, 0) is 12.1 Å². The molecule has 0 spiro atoms. The molecule has 13 heteroatoms. The normalized spacial score (nSPS) is 22.6. The Morgan fingerprint density at radius 3 is 2.38 bits per heavy atom. The predicted octanol–water partition coefficient (Wildman–Crippen LogP) is 0.340. The molecule has 1 aromatic heterocycles. The van der Waals surface area contributed by atoms with Crippen molar-refractivity contribution in [3.8, 4) is 0 Å². The summed E-state index contributed by atoms with van der Waals surface area (Å²) in [5.74, 6) is -0.316. The second kappa shape index (κ2) is 12.4. The van der Waals surface area contributed by atoms with Crippen molar-refractivity contribution in [2.24, 2.45) is 0 Å². The fourth-order valence-electron chi connectivity index (χ4n) is 4.72. The lowest BCUT2D eigenvalue weighted by Gasteiger charge is -2.37. The molecule has 202 valence electrons. The van der Waals surface area contributed by atoms with E-state index < -0.39 is 12.2 Å². The number of hydrogen-bond acceptors (Lipinski definition) is 10. The van der Waals surface area contributed by atoms with Crippen molar-refractivity contribution >= 4 is 52.1 Å². The van der Waals surface area contributed by atoms with Crippen LogP contribution in [0.1, 0.15) is 10.5 Å². The van der Waals surface area contributed by atoms with E-state index in [9.17, 15) is 19.8 Å². The summed E-state index contributed by atoms with van der Waals surface area (Å²) in [7, 11) is 0. The van der Waals surface area contributed by atoms with Gasteiger partial charge >= 0.3 is 0 Å². The third-order valence-corrected chi connectivity index (χ3v) is 7.74. The Morgan fingerprint density at radius 1 is 1.00 bits per heavy atom. The Labute approximate surface area is 226 Å². The highest BCUT2D eigenvalue weighted by Gasteiger charge is 2.33. The maximum absolute atomic E-state index is 13.0. The molecule has 2 atom stereocenters. The molecule has 0 bridgehead atoms. The number of piperazine rings is 1. The summed E-state index contributed by atoms with van der Waals surface area (Å²) in [6.07, 6.45) is -1.74. The summed E-state index contributed by atoms with van der Waals surface area (Å²) in [5.41, 5.74) is 2.07. The molecule has 3 fully saturated rings. The van der Waals surface area contributed by atoms with Crippen molar-refractivity contribution in [2.45, 2.75) is 12.2 Å². The van der Waals surface area contributed by atoms with Gasteiger partial charge in [-0.2, -0.15) is 0 Å². The van der Waals surface area contributed by atoms with Gasteiger partial charge in [-0.25, -0.2) is 4.98 Å². The summed E-state index contributed by atoms with van der Waals surface area (Å²) in [4.78, 5) is 38.0. The molecule has 3 aliphatic heterocycles. The van der Waals surface area contributed by atoms with E-state index in [1.54, 1.807) is 5.38 Å². The predicted molar refractivity (Wildman–Crippen MR) is 144 cm³/mol. The molecule has 0 aliphatic carbocycles. The standard InChI is InChI=1S/C24H32N6O5S.ClH/c31-20-13-30(14-21(20)32)22(33)15-27-5-7-28(8-6-27)19-4-2-1-3-17(19)25-23(34)18-16-36-24(26-18)29-9-11-35-12-10-29;/h1-4,16,20-21,31-32H,5-15H2,(H,25,34);1H/t20-,21+;. The van der Waals surface area contributed by atoms with Crippen LogP contribution in [0.5, 0.6) is 0 Å². The number of morpholine rings is 1. The van der Waals surface area contributed by atoms with E-state index >= 15 is 0 Å². The number of likely N-dealkylation sites (tertiary alicyclic amines) is 1. The molecule has 0 radical (unpaired) electrons. The lowest BCUT2D eigenvalue weighted by Crippen LogP contribution is -2.50. The van der Waals surface area contributed by atoms with Crippen LogP contribution in [-0.2, 0) is 9.53 Å². The lowest BCUT2D eigenvalue weighted by atomic mass is 10.2.